The Morgan fingerprint density at radius 2 is 1.56 bits per heavy atom. The molecule has 3 rings (SSSR count). The molecule has 0 bridgehead atoms. The molecule has 27 heavy (non-hydrogen) atoms. The number of Topliss-reactive ketones (excluding diaryl/α,β-unsaturated/α-hetero) is 1. The van der Waals surface area contributed by atoms with Crippen LogP contribution < -0.4 is 14.2 Å². The maximum atomic E-state index is 12.4. The van der Waals surface area contributed by atoms with Gasteiger partial charge in [-0.1, -0.05) is 18.2 Å². The van der Waals surface area contributed by atoms with E-state index in [-0.39, 0.29) is 17.1 Å². The van der Waals surface area contributed by atoms with Gasteiger partial charge in [0.05, 0.1) is 21.3 Å². The van der Waals surface area contributed by atoms with Crippen molar-refractivity contribution in [2.45, 2.75) is 0 Å². The standard InChI is InChI=1S/C20H18O7/c1-23-16-10-19(25-3)18(24-2)9-13(16)20(22)26-11-14(21)17-8-12-6-4-5-7-15(12)27-17/h4-10H,11H2,1-3H3. The summed E-state index contributed by atoms with van der Waals surface area (Å²) in [7, 11) is 4.34. The van der Waals surface area contributed by atoms with Gasteiger partial charge in [-0.25, -0.2) is 4.79 Å². The zero-order valence-electron chi connectivity index (χ0n) is 15.1. The molecule has 2 aromatic carbocycles. The molecule has 140 valence electrons. The number of benzene rings is 2. The predicted octanol–water partition coefficient (Wildman–Crippen LogP) is 3.50. The fraction of sp³-hybridized carbons (Fsp3) is 0.200. The Labute approximate surface area is 155 Å². The highest BCUT2D eigenvalue weighted by molar-refractivity contribution is 6.00. The summed E-state index contributed by atoms with van der Waals surface area (Å²) in [5, 5.41) is 0.800. The van der Waals surface area contributed by atoms with Crippen LogP contribution in [0.25, 0.3) is 11.0 Å². The molecule has 0 radical (unpaired) electrons. The number of para-hydroxylation sites is 1. The van der Waals surface area contributed by atoms with E-state index in [0.717, 1.165) is 5.39 Å². The summed E-state index contributed by atoms with van der Waals surface area (Å²) in [5.41, 5.74) is 0.710. The van der Waals surface area contributed by atoms with E-state index in [4.69, 9.17) is 23.4 Å². The molecule has 0 aliphatic heterocycles. The SMILES string of the molecule is COc1cc(OC)c(C(=O)OCC(=O)c2cc3ccccc3o2)cc1OC. The lowest BCUT2D eigenvalue weighted by atomic mass is 10.1. The summed E-state index contributed by atoms with van der Waals surface area (Å²) in [6.07, 6.45) is 0. The van der Waals surface area contributed by atoms with Gasteiger partial charge in [-0.3, -0.25) is 4.79 Å². The molecule has 7 heteroatoms. The second-order valence-electron chi connectivity index (χ2n) is 5.56. The van der Waals surface area contributed by atoms with Crippen molar-refractivity contribution in [3.05, 3.63) is 53.8 Å². The minimum atomic E-state index is -0.725. The highest BCUT2D eigenvalue weighted by Crippen LogP contribution is 2.35. The average Bonchev–Trinajstić information content (AvgIpc) is 3.15. The monoisotopic (exact) mass is 370 g/mol. The normalized spacial score (nSPS) is 10.5. The number of furan rings is 1. The van der Waals surface area contributed by atoms with Crippen molar-refractivity contribution in [3.63, 3.8) is 0 Å². The smallest absolute Gasteiger partial charge is 0.342 e. The first-order valence-electron chi connectivity index (χ1n) is 8.06. The number of carbonyl (C=O) groups excluding carboxylic acids is 2. The van der Waals surface area contributed by atoms with E-state index in [1.165, 1.54) is 33.5 Å². The van der Waals surface area contributed by atoms with Crippen molar-refractivity contribution in [1.29, 1.82) is 0 Å². The van der Waals surface area contributed by atoms with E-state index in [1.807, 2.05) is 18.2 Å². The number of rotatable bonds is 7. The minimum absolute atomic E-state index is 0.118. The highest BCUT2D eigenvalue weighted by atomic mass is 16.5. The van der Waals surface area contributed by atoms with Crippen LogP contribution in [0.1, 0.15) is 20.9 Å². The van der Waals surface area contributed by atoms with E-state index in [1.54, 1.807) is 12.1 Å². The second kappa shape index (κ2) is 7.82. The van der Waals surface area contributed by atoms with Crippen molar-refractivity contribution in [2.75, 3.05) is 27.9 Å². The molecule has 7 nitrogen and oxygen atoms in total. The predicted molar refractivity (Wildman–Crippen MR) is 96.9 cm³/mol. The van der Waals surface area contributed by atoms with Crippen LogP contribution in [-0.4, -0.2) is 39.7 Å². The molecule has 0 fully saturated rings. The lowest BCUT2D eigenvalue weighted by Crippen LogP contribution is -2.14. The molecule has 0 aliphatic rings. The van der Waals surface area contributed by atoms with Gasteiger partial charge in [-0.2, -0.15) is 0 Å². The van der Waals surface area contributed by atoms with E-state index in [0.29, 0.717) is 17.1 Å². The first-order chi connectivity index (χ1) is 13.1. The van der Waals surface area contributed by atoms with Gasteiger partial charge in [0.25, 0.3) is 0 Å². The summed E-state index contributed by atoms with van der Waals surface area (Å²) in [6.45, 7) is -0.462. The Balaban J connectivity index is 1.76. The van der Waals surface area contributed by atoms with Crippen LogP contribution in [0.3, 0.4) is 0 Å². The molecule has 0 N–H and O–H groups in total. The Morgan fingerprint density at radius 1 is 0.889 bits per heavy atom. The second-order valence-corrected chi connectivity index (χ2v) is 5.56. The van der Waals surface area contributed by atoms with E-state index in [2.05, 4.69) is 0 Å². The van der Waals surface area contributed by atoms with Gasteiger partial charge >= 0.3 is 5.97 Å². The first-order valence-corrected chi connectivity index (χ1v) is 8.06. The highest BCUT2D eigenvalue weighted by Gasteiger charge is 2.21. The zero-order chi connectivity index (χ0) is 19.4. The molecule has 0 saturated carbocycles. The number of ketones is 1. The average molecular weight is 370 g/mol. The third-order valence-electron chi connectivity index (χ3n) is 3.96. The fourth-order valence-corrected chi connectivity index (χ4v) is 2.59. The summed E-state index contributed by atoms with van der Waals surface area (Å²) in [5.74, 6) is -0.0496. The molecule has 0 atom stereocenters. The molecule has 0 aliphatic carbocycles. The van der Waals surface area contributed by atoms with Crippen LogP contribution in [0.15, 0.2) is 46.9 Å². The van der Waals surface area contributed by atoms with Crippen LogP contribution in [0.5, 0.6) is 17.2 Å². The first kappa shape index (κ1) is 18.3. The lowest BCUT2D eigenvalue weighted by Gasteiger charge is -2.13. The Kier molecular flexibility index (Phi) is 5.30. The van der Waals surface area contributed by atoms with Crippen molar-refractivity contribution < 1.29 is 33.0 Å². The quantitative estimate of drug-likeness (QED) is 0.465. The van der Waals surface area contributed by atoms with E-state index in [9.17, 15) is 9.59 Å². The summed E-state index contributed by atoms with van der Waals surface area (Å²) in [4.78, 5) is 24.7. The number of hydrogen-bond acceptors (Lipinski definition) is 7. The van der Waals surface area contributed by atoms with Gasteiger partial charge < -0.3 is 23.4 Å². The summed E-state index contributed by atoms with van der Waals surface area (Å²) >= 11 is 0. The minimum Gasteiger partial charge on any atom is -0.496 e. The summed E-state index contributed by atoms with van der Waals surface area (Å²) in [6, 6.07) is 11.8. The molecule has 0 spiro atoms. The molecule has 0 saturated heterocycles. The van der Waals surface area contributed by atoms with Gasteiger partial charge in [-0.15, -0.1) is 0 Å². The number of esters is 1. The topological polar surface area (TPSA) is 84.2 Å². The van der Waals surface area contributed by atoms with Crippen LogP contribution in [-0.2, 0) is 4.74 Å². The van der Waals surface area contributed by atoms with E-state index >= 15 is 0 Å². The number of fused-ring (bicyclic) bond motifs is 1. The third kappa shape index (κ3) is 3.72. The molecule has 0 unspecified atom stereocenters. The Bertz CT molecular complexity index is 954. The van der Waals surface area contributed by atoms with Crippen molar-refractivity contribution in [1.82, 2.24) is 0 Å². The van der Waals surface area contributed by atoms with Gasteiger partial charge in [0, 0.05) is 17.5 Å². The fourth-order valence-electron chi connectivity index (χ4n) is 2.59. The molecular weight excluding hydrogens is 352 g/mol. The molecule has 1 aromatic heterocycles. The molecule has 3 aromatic rings. The number of hydrogen-bond donors (Lipinski definition) is 0. The van der Waals surface area contributed by atoms with Crippen LogP contribution >= 0.6 is 0 Å². The molecular formula is C20H18O7. The number of ether oxygens (including phenoxy) is 4. The maximum Gasteiger partial charge on any atom is 0.342 e. The number of methoxy groups -OCH3 is 3. The molecule has 0 amide bonds. The van der Waals surface area contributed by atoms with Crippen LogP contribution in [0.4, 0.5) is 0 Å². The van der Waals surface area contributed by atoms with Gasteiger partial charge in [0.1, 0.15) is 16.9 Å². The molecule has 1 heterocycles. The van der Waals surface area contributed by atoms with Crippen molar-refractivity contribution >= 4 is 22.7 Å². The number of carbonyl (C=O) groups is 2. The van der Waals surface area contributed by atoms with Gasteiger partial charge in [0.2, 0.25) is 5.78 Å². The van der Waals surface area contributed by atoms with Crippen LogP contribution in [0.2, 0.25) is 0 Å². The zero-order valence-corrected chi connectivity index (χ0v) is 15.1. The van der Waals surface area contributed by atoms with Crippen molar-refractivity contribution in [2.24, 2.45) is 0 Å². The third-order valence-corrected chi connectivity index (χ3v) is 3.96. The summed E-state index contributed by atoms with van der Waals surface area (Å²) < 4.78 is 26.2. The maximum absolute atomic E-state index is 12.4. The lowest BCUT2D eigenvalue weighted by molar-refractivity contribution is 0.0465. The van der Waals surface area contributed by atoms with Gasteiger partial charge in [-0.05, 0) is 12.1 Å². The van der Waals surface area contributed by atoms with Crippen molar-refractivity contribution in [3.8, 4) is 17.2 Å². The van der Waals surface area contributed by atoms with E-state index < -0.39 is 18.4 Å². The largest absolute Gasteiger partial charge is 0.496 e. The van der Waals surface area contributed by atoms with Crippen LogP contribution in [0, 0.1) is 0 Å². The Morgan fingerprint density at radius 3 is 2.22 bits per heavy atom. The van der Waals surface area contributed by atoms with Gasteiger partial charge in [0.15, 0.2) is 23.9 Å². The Hall–Kier alpha value is -3.48.